The van der Waals surface area contributed by atoms with E-state index in [1.807, 2.05) is 0 Å². The van der Waals surface area contributed by atoms with Crippen LogP contribution >= 0.6 is 24.4 Å². The molecule has 6 N–H and O–H groups in total. The molecular weight excluding hydrogens is 168 g/mol. The van der Waals surface area contributed by atoms with Gasteiger partial charge in [-0.25, -0.2) is 0 Å². The van der Waals surface area contributed by atoms with Gasteiger partial charge in [-0.15, -0.1) is 0 Å². The van der Waals surface area contributed by atoms with Gasteiger partial charge in [-0.1, -0.05) is 0 Å². The van der Waals surface area contributed by atoms with Crippen LogP contribution in [0.4, 0.5) is 0 Å². The van der Waals surface area contributed by atoms with Gasteiger partial charge in [0.1, 0.15) is 0 Å². The Bertz CT molecular complexity index is 104. The van der Waals surface area contributed by atoms with E-state index >= 15 is 0 Å². The van der Waals surface area contributed by atoms with Gasteiger partial charge < -0.3 is 22.1 Å². The van der Waals surface area contributed by atoms with Crippen molar-refractivity contribution in [3.8, 4) is 0 Å². The zero-order valence-electron chi connectivity index (χ0n) is 5.97. The van der Waals surface area contributed by atoms with Gasteiger partial charge in [-0.05, 0) is 24.4 Å². The van der Waals surface area contributed by atoms with Crippen LogP contribution in [0.25, 0.3) is 0 Å². The number of rotatable bonds is 0. The lowest BCUT2D eigenvalue weighted by Crippen LogP contribution is -2.28. The molecule has 0 aromatic heterocycles. The second kappa shape index (κ2) is 8.38. The molecule has 0 saturated carbocycles. The molecule has 0 radical (unpaired) electrons. The molecule has 0 aromatic rings. The maximum absolute atomic E-state index is 4.63. The Kier molecular flexibility index (Phi) is 10.1. The first-order valence-electron chi connectivity index (χ1n) is 2.49. The molecule has 4 nitrogen and oxygen atoms in total. The summed E-state index contributed by atoms with van der Waals surface area (Å²) >= 11 is 8.73. The SMILES string of the molecule is CNC(=S)NC.NC(N)=S. The number of thiocarbonyl (C=S) groups is 2. The summed E-state index contributed by atoms with van der Waals surface area (Å²) in [4.78, 5) is 0. The summed E-state index contributed by atoms with van der Waals surface area (Å²) in [7, 11) is 3.55. The molecule has 0 amide bonds. The van der Waals surface area contributed by atoms with E-state index < -0.39 is 0 Å². The minimum absolute atomic E-state index is 0.000000000000000222. The van der Waals surface area contributed by atoms with Crippen molar-refractivity contribution in [3.63, 3.8) is 0 Å². The lowest BCUT2D eigenvalue weighted by Gasteiger charge is -1.95. The minimum atomic E-state index is 0.000000000000000222. The van der Waals surface area contributed by atoms with E-state index in [0.717, 1.165) is 0 Å². The average Bonchev–Trinajstić information content (AvgIpc) is 1.85. The fraction of sp³-hybridized carbons (Fsp3) is 0.500. The molecule has 0 aromatic carbocycles. The zero-order valence-corrected chi connectivity index (χ0v) is 7.60. The van der Waals surface area contributed by atoms with Crippen molar-refractivity contribution < 1.29 is 0 Å². The van der Waals surface area contributed by atoms with Crippen LogP contribution in [0.15, 0.2) is 0 Å². The van der Waals surface area contributed by atoms with Gasteiger partial charge >= 0.3 is 0 Å². The van der Waals surface area contributed by atoms with Gasteiger partial charge in [-0.3, -0.25) is 0 Å². The van der Waals surface area contributed by atoms with Gasteiger partial charge in [0, 0.05) is 14.1 Å². The highest BCUT2D eigenvalue weighted by atomic mass is 32.1. The largest absolute Gasteiger partial charge is 0.377 e. The van der Waals surface area contributed by atoms with Crippen LogP contribution in [0.1, 0.15) is 0 Å². The van der Waals surface area contributed by atoms with E-state index in [1.165, 1.54) is 0 Å². The van der Waals surface area contributed by atoms with Crippen LogP contribution in [0.3, 0.4) is 0 Å². The maximum atomic E-state index is 4.63. The highest BCUT2D eigenvalue weighted by molar-refractivity contribution is 7.80. The molecule has 0 fully saturated rings. The molecule has 0 aliphatic heterocycles. The average molecular weight is 180 g/mol. The summed E-state index contributed by atoms with van der Waals surface area (Å²) in [5, 5.41) is 6.15. The third-order valence-electron chi connectivity index (χ3n) is 0.454. The summed E-state index contributed by atoms with van der Waals surface area (Å²) in [6.07, 6.45) is 0. The van der Waals surface area contributed by atoms with Crippen LogP contribution in [-0.2, 0) is 0 Å². The van der Waals surface area contributed by atoms with Crippen LogP contribution < -0.4 is 22.1 Å². The zero-order chi connectivity index (χ0) is 8.57. The molecule has 0 bridgehead atoms. The normalized spacial score (nSPS) is 6.60. The minimum Gasteiger partial charge on any atom is -0.377 e. The Hall–Kier alpha value is -0.620. The lowest BCUT2D eigenvalue weighted by atomic mass is 11.0. The Morgan fingerprint density at radius 1 is 1.10 bits per heavy atom. The quantitative estimate of drug-likeness (QED) is 0.355. The highest BCUT2D eigenvalue weighted by Crippen LogP contribution is 1.52. The van der Waals surface area contributed by atoms with Crippen LogP contribution in [0.2, 0.25) is 0 Å². The van der Waals surface area contributed by atoms with Crippen LogP contribution in [-0.4, -0.2) is 24.3 Å². The van der Waals surface area contributed by atoms with Gasteiger partial charge in [0.15, 0.2) is 10.2 Å². The molecular formula is C4H12N4S2. The fourth-order valence-electron chi connectivity index (χ4n) is 0.125. The molecule has 0 heterocycles. The topological polar surface area (TPSA) is 76.1 Å². The van der Waals surface area contributed by atoms with Crippen molar-refractivity contribution in [1.82, 2.24) is 10.6 Å². The third-order valence-corrected chi connectivity index (χ3v) is 0.862. The monoisotopic (exact) mass is 180 g/mol. The summed E-state index contributed by atoms with van der Waals surface area (Å²) in [6.45, 7) is 0. The van der Waals surface area contributed by atoms with Crippen molar-refractivity contribution in [1.29, 1.82) is 0 Å². The second-order valence-electron chi connectivity index (χ2n) is 1.23. The van der Waals surface area contributed by atoms with E-state index in [4.69, 9.17) is 0 Å². The molecule has 0 aliphatic carbocycles. The molecule has 0 saturated heterocycles. The fourth-order valence-corrected chi connectivity index (χ4v) is 0.125. The summed E-state index contributed by atoms with van der Waals surface area (Å²) in [5.74, 6) is 0. The molecule has 0 rings (SSSR count). The van der Waals surface area contributed by atoms with E-state index in [-0.39, 0.29) is 5.11 Å². The lowest BCUT2D eigenvalue weighted by molar-refractivity contribution is 1.06. The van der Waals surface area contributed by atoms with Crippen LogP contribution in [0.5, 0.6) is 0 Å². The van der Waals surface area contributed by atoms with Crippen LogP contribution in [0, 0.1) is 0 Å². The first-order valence-corrected chi connectivity index (χ1v) is 3.30. The smallest absolute Gasteiger partial charge is 0.165 e. The Balaban J connectivity index is 0. The predicted molar refractivity (Wildman–Crippen MR) is 51.7 cm³/mol. The van der Waals surface area contributed by atoms with Crippen molar-refractivity contribution in [3.05, 3.63) is 0 Å². The Morgan fingerprint density at radius 2 is 1.30 bits per heavy atom. The molecule has 6 heteroatoms. The number of hydrogen-bond acceptors (Lipinski definition) is 2. The first-order chi connectivity index (χ1) is 4.54. The standard InChI is InChI=1S/C3H8N2S.CH4N2S/c1-4-3(6)5-2;2-1(3)4/h1-2H3,(H2,4,5,6);(H4,2,3,4). The molecule has 10 heavy (non-hydrogen) atoms. The summed E-state index contributed by atoms with van der Waals surface area (Å²) in [5.41, 5.74) is 9.24. The molecule has 0 spiro atoms. The Morgan fingerprint density at radius 3 is 1.30 bits per heavy atom. The highest BCUT2D eigenvalue weighted by Gasteiger charge is 1.75. The molecule has 0 aliphatic rings. The van der Waals surface area contributed by atoms with Gasteiger partial charge in [-0.2, -0.15) is 0 Å². The van der Waals surface area contributed by atoms with Gasteiger partial charge in [0.25, 0.3) is 0 Å². The predicted octanol–water partition coefficient (Wildman–Crippen LogP) is -1.10. The number of nitrogens with two attached hydrogens (primary N) is 2. The first kappa shape index (κ1) is 12.1. The van der Waals surface area contributed by atoms with Gasteiger partial charge in [0.05, 0.1) is 0 Å². The third kappa shape index (κ3) is 26.3. The Labute approximate surface area is 71.3 Å². The van der Waals surface area contributed by atoms with E-state index in [1.54, 1.807) is 14.1 Å². The number of nitrogens with one attached hydrogen (secondary N) is 2. The van der Waals surface area contributed by atoms with Crippen molar-refractivity contribution in [2.24, 2.45) is 11.5 Å². The van der Waals surface area contributed by atoms with E-state index in [0.29, 0.717) is 5.11 Å². The summed E-state index contributed by atoms with van der Waals surface area (Å²) in [6, 6.07) is 0. The van der Waals surface area contributed by atoms with E-state index in [9.17, 15) is 0 Å². The second-order valence-corrected chi connectivity index (χ2v) is 2.11. The van der Waals surface area contributed by atoms with Crippen molar-refractivity contribution in [2.75, 3.05) is 14.1 Å². The molecule has 0 atom stereocenters. The van der Waals surface area contributed by atoms with Gasteiger partial charge in [0.2, 0.25) is 0 Å². The van der Waals surface area contributed by atoms with Crippen molar-refractivity contribution in [2.45, 2.75) is 0 Å². The maximum Gasteiger partial charge on any atom is 0.165 e. The molecule has 60 valence electrons. The van der Waals surface area contributed by atoms with Crippen molar-refractivity contribution >= 4 is 34.7 Å². The number of hydrogen-bond donors (Lipinski definition) is 4. The molecule has 0 unspecified atom stereocenters. The van der Waals surface area contributed by atoms with E-state index in [2.05, 4.69) is 46.5 Å². The summed E-state index contributed by atoms with van der Waals surface area (Å²) < 4.78 is 0.